The van der Waals surface area contributed by atoms with Crippen molar-refractivity contribution in [2.45, 2.75) is 19.9 Å². The predicted molar refractivity (Wildman–Crippen MR) is 64.5 cm³/mol. The van der Waals surface area contributed by atoms with E-state index < -0.39 is 11.4 Å². The van der Waals surface area contributed by atoms with Gasteiger partial charge in [-0.2, -0.15) is 14.6 Å². The summed E-state index contributed by atoms with van der Waals surface area (Å²) in [6, 6.07) is 0. The summed E-state index contributed by atoms with van der Waals surface area (Å²) in [5, 5.41) is 5.46. The molecule has 16 heavy (non-hydrogen) atoms. The Hall–Kier alpha value is -1.02. The summed E-state index contributed by atoms with van der Waals surface area (Å²) in [5.74, 6) is 0. The van der Waals surface area contributed by atoms with Gasteiger partial charge in [0.25, 0.3) is 0 Å². The topological polar surface area (TPSA) is 69.3 Å². The van der Waals surface area contributed by atoms with Crippen LogP contribution in [0.4, 0.5) is 0 Å². The van der Waals surface area contributed by atoms with Crippen molar-refractivity contribution in [1.82, 2.24) is 19.2 Å². The van der Waals surface area contributed by atoms with Gasteiger partial charge in [-0.05, 0) is 13.3 Å². The number of halogens is 1. The Balaban J connectivity index is 2.65. The quantitative estimate of drug-likeness (QED) is 0.770. The summed E-state index contributed by atoms with van der Waals surface area (Å²) in [6.07, 6.45) is 0.700. The van der Waals surface area contributed by atoms with E-state index in [2.05, 4.69) is 26.0 Å². The van der Waals surface area contributed by atoms with Crippen molar-refractivity contribution in [3.05, 3.63) is 26.0 Å². The molecule has 0 saturated heterocycles. The van der Waals surface area contributed by atoms with Crippen molar-refractivity contribution in [1.29, 1.82) is 0 Å². The van der Waals surface area contributed by atoms with Crippen LogP contribution in [-0.2, 0) is 6.54 Å². The minimum absolute atomic E-state index is 0.350. The van der Waals surface area contributed by atoms with E-state index in [1.54, 1.807) is 6.92 Å². The van der Waals surface area contributed by atoms with Gasteiger partial charge in [0.2, 0.25) is 4.96 Å². The van der Waals surface area contributed by atoms with E-state index in [4.69, 9.17) is 0 Å². The Labute approximate surface area is 103 Å². The van der Waals surface area contributed by atoms with Gasteiger partial charge < -0.3 is 0 Å². The second-order valence-corrected chi connectivity index (χ2v) is 5.14. The molecule has 8 heteroatoms. The Morgan fingerprint density at radius 2 is 2.19 bits per heavy atom. The molecule has 2 aromatic heterocycles. The maximum Gasteiger partial charge on any atom is 0.355 e. The summed E-state index contributed by atoms with van der Waals surface area (Å²) >= 11 is 4.48. The fraction of sp³-hybridized carbons (Fsp3) is 0.500. The highest BCUT2D eigenvalue weighted by Gasteiger charge is 2.10. The third-order valence-electron chi connectivity index (χ3n) is 2.01. The van der Waals surface area contributed by atoms with Crippen LogP contribution >= 0.6 is 27.3 Å². The lowest BCUT2D eigenvalue weighted by Gasteiger charge is -2.00. The Bertz CT molecular complexity index is 629. The molecule has 0 bridgehead atoms. The van der Waals surface area contributed by atoms with E-state index in [-0.39, 0.29) is 0 Å². The smallest absolute Gasteiger partial charge is 0.245 e. The van der Waals surface area contributed by atoms with Crippen molar-refractivity contribution in [3.8, 4) is 0 Å². The Morgan fingerprint density at radius 3 is 2.88 bits per heavy atom. The van der Waals surface area contributed by atoms with Gasteiger partial charge in [-0.15, -0.1) is 0 Å². The van der Waals surface area contributed by atoms with E-state index in [0.717, 1.165) is 9.90 Å². The SMILES string of the molecule is Cc1nn2c(=O)n(CCCBr)c(=O)nc2s1. The first-order chi connectivity index (χ1) is 7.63. The third kappa shape index (κ3) is 1.94. The second-order valence-electron chi connectivity index (χ2n) is 3.19. The molecular weight excluding hydrogens is 296 g/mol. The van der Waals surface area contributed by atoms with Crippen LogP contribution in [0.15, 0.2) is 9.59 Å². The van der Waals surface area contributed by atoms with Crippen molar-refractivity contribution in [2.24, 2.45) is 0 Å². The van der Waals surface area contributed by atoms with Gasteiger partial charge in [-0.25, -0.2) is 14.2 Å². The van der Waals surface area contributed by atoms with Gasteiger partial charge >= 0.3 is 11.4 Å². The first-order valence-corrected chi connectivity index (χ1v) is 6.60. The largest absolute Gasteiger partial charge is 0.355 e. The molecule has 86 valence electrons. The molecule has 0 aliphatic heterocycles. The van der Waals surface area contributed by atoms with Crippen LogP contribution < -0.4 is 11.4 Å². The van der Waals surface area contributed by atoms with Gasteiger partial charge in [0.15, 0.2) is 0 Å². The van der Waals surface area contributed by atoms with E-state index in [1.165, 1.54) is 15.9 Å². The molecule has 2 aromatic rings. The fourth-order valence-corrected chi connectivity index (χ4v) is 2.29. The van der Waals surface area contributed by atoms with Crippen LogP contribution in [-0.4, -0.2) is 24.5 Å². The molecule has 2 heterocycles. The molecule has 0 unspecified atom stereocenters. The molecular formula is C8H9BrN4O2S. The number of rotatable bonds is 3. The normalized spacial score (nSPS) is 11.1. The van der Waals surface area contributed by atoms with Crippen molar-refractivity contribution in [2.75, 3.05) is 5.33 Å². The van der Waals surface area contributed by atoms with Gasteiger partial charge in [-0.1, -0.05) is 27.3 Å². The van der Waals surface area contributed by atoms with Crippen LogP contribution in [0.3, 0.4) is 0 Å². The predicted octanol–water partition coefficient (Wildman–Crippen LogP) is 0.406. The zero-order chi connectivity index (χ0) is 11.7. The van der Waals surface area contributed by atoms with Crippen LogP contribution in [0.1, 0.15) is 11.4 Å². The zero-order valence-corrected chi connectivity index (χ0v) is 10.9. The molecule has 2 rings (SSSR count). The molecule has 0 fully saturated rings. The molecule has 0 saturated carbocycles. The van der Waals surface area contributed by atoms with Gasteiger partial charge in [0, 0.05) is 11.9 Å². The first kappa shape index (κ1) is 11.5. The average molecular weight is 305 g/mol. The summed E-state index contributed by atoms with van der Waals surface area (Å²) in [6.45, 7) is 2.13. The van der Waals surface area contributed by atoms with Gasteiger partial charge in [0.05, 0.1) is 0 Å². The summed E-state index contributed by atoms with van der Waals surface area (Å²) in [4.78, 5) is 27.6. The average Bonchev–Trinajstić information content (AvgIpc) is 2.59. The molecule has 0 aliphatic carbocycles. The summed E-state index contributed by atoms with van der Waals surface area (Å²) in [7, 11) is 0. The molecule has 0 N–H and O–H groups in total. The van der Waals surface area contributed by atoms with Crippen molar-refractivity contribution >= 4 is 32.2 Å². The van der Waals surface area contributed by atoms with Crippen molar-refractivity contribution in [3.63, 3.8) is 0 Å². The van der Waals surface area contributed by atoms with E-state index in [1.807, 2.05) is 0 Å². The van der Waals surface area contributed by atoms with Crippen LogP contribution in [0.25, 0.3) is 4.96 Å². The lowest BCUT2D eigenvalue weighted by molar-refractivity contribution is 0.580. The van der Waals surface area contributed by atoms with Crippen LogP contribution in [0.5, 0.6) is 0 Å². The molecule has 0 amide bonds. The molecule has 0 radical (unpaired) electrons. The lowest BCUT2D eigenvalue weighted by atomic mass is 10.5. The molecule has 0 spiro atoms. The monoisotopic (exact) mass is 304 g/mol. The number of nitrogens with zero attached hydrogens (tertiary/aromatic N) is 4. The van der Waals surface area contributed by atoms with E-state index >= 15 is 0 Å². The standard InChI is InChI=1S/C8H9BrN4O2S/c1-5-11-13-7(16-5)10-6(14)12(8(13)15)4-2-3-9/h2-4H2,1H3. The third-order valence-corrected chi connectivity index (χ3v) is 3.40. The van der Waals surface area contributed by atoms with Gasteiger partial charge in [0.1, 0.15) is 5.01 Å². The first-order valence-electron chi connectivity index (χ1n) is 4.67. The number of alkyl halides is 1. The fourth-order valence-electron chi connectivity index (χ4n) is 1.32. The van der Waals surface area contributed by atoms with E-state index in [0.29, 0.717) is 22.9 Å². The minimum atomic E-state index is -0.505. The van der Waals surface area contributed by atoms with E-state index in [9.17, 15) is 9.59 Å². The number of aromatic nitrogens is 4. The summed E-state index contributed by atoms with van der Waals surface area (Å²) in [5.41, 5.74) is -0.921. The zero-order valence-electron chi connectivity index (χ0n) is 8.51. The molecule has 6 nitrogen and oxygen atoms in total. The maximum atomic E-state index is 11.9. The van der Waals surface area contributed by atoms with Gasteiger partial charge in [-0.3, -0.25) is 0 Å². The second kappa shape index (κ2) is 4.46. The van der Waals surface area contributed by atoms with Crippen LogP contribution in [0.2, 0.25) is 0 Å². The highest BCUT2D eigenvalue weighted by Crippen LogP contribution is 2.06. The highest BCUT2D eigenvalue weighted by molar-refractivity contribution is 9.09. The number of hydrogen-bond acceptors (Lipinski definition) is 5. The number of fused-ring (bicyclic) bond motifs is 1. The maximum absolute atomic E-state index is 11.9. The van der Waals surface area contributed by atoms with Crippen molar-refractivity contribution < 1.29 is 0 Å². The Kier molecular flexibility index (Phi) is 3.20. The number of hydrogen-bond donors (Lipinski definition) is 0. The minimum Gasteiger partial charge on any atom is -0.245 e. The van der Waals surface area contributed by atoms with Crippen LogP contribution in [0, 0.1) is 6.92 Å². The highest BCUT2D eigenvalue weighted by atomic mass is 79.9. The molecule has 0 aliphatic rings. The lowest BCUT2D eigenvalue weighted by Crippen LogP contribution is -2.39. The molecule has 0 atom stereocenters. The molecule has 0 aromatic carbocycles. The summed E-state index contributed by atoms with van der Waals surface area (Å²) < 4.78 is 2.28. The number of aryl methyl sites for hydroxylation is 1. The Morgan fingerprint density at radius 1 is 1.44 bits per heavy atom.